The zero-order valence-corrected chi connectivity index (χ0v) is 13.1. The molecule has 0 saturated heterocycles. The average Bonchev–Trinajstić information content (AvgIpc) is 2.80. The summed E-state index contributed by atoms with van der Waals surface area (Å²) < 4.78 is 2.53. The summed E-state index contributed by atoms with van der Waals surface area (Å²) in [6.45, 7) is 4.05. The largest absolute Gasteiger partial charge is 0.319 e. The molecule has 100 valence electrons. The summed E-state index contributed by atoms with van der Waals surface area (Å²) in [5, 5.41) is 6.99. The Morgan fingerprint density at radius 1 is 1.47 bits per heavy atom. The Bertz CT molecular complexity index is 610. The van der Waals surface area contributed by atoms with Gasteiger partial charge in [0.2, 0.25) is 0 Å². The molecule has 0 atom stereocenters. The molecular formula is C13H14BrN3OS. The molecule has 0 unspecified atom stereocenters. The maximum Gasteiger partial charge on any atom is 0.256 e. The fraction of sp³-hybridized carbons (Fsp3) is 0.231. The fourth-order valence-corrected chi connectivity index (χ4v) is 2.20. The summed E-state index contributed by atoms with van der Waals surface area (Å²) in [4.78, 5) is 12.9. The number of hydrogen-bond acceptors (Lipinski definition) is 3. The normalized spacial score (nSPS) is 10.8. The van der Waals surface area contributed by atoms with Gasteiger partial charge in [-0.15, -0.1) is 12.6 Å². The van der Waals surface area contributed by atoms with Gasteiger partial charge in [-0.3, -0.25) is 9.48 Å². The van der Waals surface area contributed by atoms with Crippen LogP contribution in [0.25, 0.3) is 0 Å². The molecule has 0 aliphatic rings. The second kappa shape index (κ2) is 5.79. The van der Waals surface area contributed by atoms with Crippen molar-refractivity contribution in [3.05, 3.63) is 40.6 Å². The van der Waals surface area contributed by atoms with E-state index in [9.17, 15) is 4.79 Å². The van der Waals surface area contributed by atoms with Gasteiger partial charge in [0.15, 0.2) is 0 Å². The highest BCUT2D eigenvalue weighted by atomic mass is 79.9. The zero-order valence-electron chi connectivity index (χ0n) is 10.6. The molecule has 2 aromatic rings. The second-order valence-electron chi connectivity index (χ2n) is 4.42. The molecular weight excluding hydrogens is 326 g/mol. The topological polar surface area (TPSA) is 46.9 Å². The lowest BCUT2D eigenvalue weighted by Crippen LogP contribution is -2.12. The Morgan fingerprint density at radius 3 is 2.84 bits per heavy atom. The van der Waals surface area contributed by atoms with Crippen LogP contribution in [-0.2, 0) is 0 Å². The lowest BCUT2D eigenvalue weighted by molar-refractivity contribution is 0.102. The lowest BCUT2D eigenvalue weighted by atomic mass is 10.2. The third kappa shape index (κ3) is 3.39. The molecule has 1 amide bonds. The molecule has 0 saturated carbocycles. The van der Waals surface area contributed by atoms with Crippen molar-refractivity contribution in [2.24, 2.45) is 0 Å². The van der Waals surface area contributed by atoms with Gasteiger partial charge in [-0.25, -0.2) is 0 Å². The van der Waals surface area contributed by atoms with Crippen LogP contribution in [0.2, 0.25) is 0 Å². The number of hydrogen-bond donors (Lipinski definition) is 2. The first-order valence-electron chi connectivity index (χ1n) is 5.81. The summed E-state index contributed by atoms with van der Waals surface area (Å²) in [6.07, 6.45) is 3.44. The van der Waals surface area contributed by atoms with E-state index in [-0.39, 0.29) is 11.9 Å². The van der Waals surface area contributed by atoms with Crippen LogP contribution in [0, 0.1) is 0 Å². The predicted molar refractivity (Wildman–Crippen MR) is 82.0 cm³/mol. The van der Waals surface area contributed by atoms with Gasteiger partial charge in [0, 0.05) is 21.6 Å². The minimum absolute atomic E-state index is 0.189. The first-order chi connectivity index (χ1) is 8.97. The van der Waals surface area contributed by atoms with E-state index in [4.69, 9.17) is 0 Å². The van der Waals surface area contributed by atoms with Gasteiger partial charge in [-0.05, 0) is 48.0 Å². The predicted octanol–water partition coefficient (Wildman–Crippen LogP) is 3.77. The molecule has 0 radical (unpaired) electrons. The van der Waals surface area contributed by atoms with Gasteiger partial charge in [0.05, 0.1) is 17.4 Å². The number of anilines is 1. The monoisotopic (exact) mass is 339 g/mol. The Hall–Kier alpha value is -1.27. The van der Waals surface area contributed by atoms with Crippen molar-refractivity contribution in [1.82, 2.24) is 9.78 Å². The van der Waals surface area contributed by atoms with E-state index >= 15 is 0 Å². The Kier molecular flexibility index (Phi) is 4.31. The molecule has 6 heteroatoms. The van der Waals surface area contributed by atoms with Crippen LogP contribution in [0.1, 0.15) is 30.2 Å². The van der Waals surface area contributed by atoms with Gasteiger partial charge in [0.1, 0.15) is 0 Å². The van der Waals surface area contributed by atoms with Crippen molar-refractivity contribution < 1.29 is 4.79 Å². The van der Waals surface area contributed by atoms with Crippen LogP contribution in [0.15, 0.2) is 40.0 Å². The van der Waals surface area contributed by atoms with Crippen LogP contribution >= 0.6 is 28.6 Å². The molecule has 4 nitrogen and oxygen atoms in total. The van der Waals surface area contributed by atoms with Crippen LogP contribution < -0.4 is 5.32 Å². The van der Waals surface area contributed by atoms with Crippen LogP contribution in [-0.4, -0.2) is 15.7 Å². The van der Waals surface area contributed by atoms with Gasteiger partial charge in [-0.2, -0.15) is 5.10 Å². The van der Waals surface area contributed by atoms with Gasteiger partial charge >= 0.3 is 0 Å². The van der Waals surface area contributed by atoms with E-state index in [1.54, 1.807) is 29.2 Å². The first kappa shape index (κ1) is 14.1. The molecule has 19 heavy (non-hydrogen) atoms. The highest BCUT2D eigenvalue weighted by Gasteiger charge is 2.12. The Balaban J connectivity index is 2.18. The quantitative estimate of drug-likeness (QED) is 0.836. The molecule has 0 fully saturated rings. The number of benzene rings is 1. The fourth-order valence-electron chi connectivity index (χ4n) is 1.57. The summed E-state index contributed by atoms with van der Waals surface area (Å²) in [6, 6.07) is 5.60. The van der Waals surface area contributed by atoms with Crippen molar-refractivity contribution in [3.63, 3.8) is 0 Å². The molecule has 2 rings (SSSR count). The summed E-state index contributed by atoms with van der Waals surface area (Å²) in [5.41, 5.74) is 1.22. The molecule has 0 aliphatic carbocycles. The second-order valence-corrected chi connectivity index (χ2v) is 5.79. The average molecular weight is 340 g/mol. The third-order valence-corrected chi connectivity index (χ3v) is 3.55. The molecule has 0 spiro atoms. The number of thiol groups is 1. The van der Waals surface area contributed by atoms with E-state index in [1.165, 1.54) is 0 Å². The van der Waals surface area contributed by atoms with E-state index in [2.05, 4.69) is 39.0 Å². The maximum atomic E-state index is 12.2. The summed E-state index contributed by atoms with van der Waals surface area (Å²) in [5.74, 6) is -0.189. The molecule has 1 aromatic heterocycles. The number of amides is 1. The number of aromatic nitrogens is 2. The van der Waals surface area contributed by atoms with Gasteiger partial charge in [-0.1, -0.05) is 0 Å². The molecule has 0 bridgehead atoms. The third-order valence-electron chi connectivity index (χ3n) is 2.58. The molecule has 0 aliphatic heterocycles. The summed E-state index contributed by atoms with van der Waals surface area (Å²) >= 11 is 7.59. The van der Waals surface area contributed by atoms with Crippen molar-refractivity contribution in [3.8, 4) is 0 Å². The number of nitrogens with one attached hydrogen (secondary N) is 1. The molecule has 1 N–H and O–H groups in total. The first-order valence-corrected chi connectivity index (χ1v) is 7.05. The van der Waals surface area contributed by atoms with Crippen LogP contribution in [0.3, 0.4) is 0 Å². The zero-order chi connectivity index (χ0) is 14.0. The number of nitrogens with zero attached hydrogens (tertiary/aromatic N) is 2. The SMILES string of the molecule is CC(C)n1cc(NC(=O)c2cc(S)ccc2Br)cn1. The minimum atomic E-state index is -0.189. The van der Waals surface area contributed by atoms with Crippen molar-refractivity contribution >= 4 is 40.2 Å². The van der Waals surface area contributed by atoms with E-state index in [1.807, 2.05) is 19.9 Å². The van der Waals surface area contributed by atoms with E-state index in [0.29, 0.717) is 11.3 Å². The Morgan fingerprint density at radius 2 is 2.21 bits per heavy atom. The van der Waals surface area contributed by atoms with Crippen molar-refractivity contribution in [2.75, 3.05) is 5.32 Å². The smallest absolute Gasteiger partial charge is 0.256 e. The lowest BCUT2D eigenvalue weighted by Gasteiger charge is -2.06. The standard InChI is InChI=1S/C13H14BrN3OS/c1-8(2)17-7-9(6-15-17)16-13(18)11-5-10(19)3-4-12(11)14/h3-8,19H,1-2H3,(H,16,18). The highest BCUT2D eigenvalue weighted by Crippen LogP contribution is 2.21. The summed E-state index contributed by atoms with van der Waals surface area (Å²) in [7, 11) is 0. The van der Waals surface area contributed by atoms with E-state index in [0.717, 1.165) is 9.37 Å². The van der Waals surface area contributed by atoms with Gasteiger partial charge in [0.25, 0.3) is 5.91 Å². The maximum absolute atomic E-state index is 12.2. The van der Waals surface area contributed by atoms with Crippen molar-refractivity contribution in [2.45, 2.75) is 24.8 Å². The van der Waals surface area contributed by atoms with Crippen molar-refractivity contribution in [1.29, 1.82) is 0 Å². The highest BCUT2D eigenvalue weighted by molar-refractivity contribution is 9.10. The number of carbonyl (C=O) groups is 1. The van der Waals surface area contributed by atoms with Gasteiger partial charge < -0.3 is 5.32 Å². The number of rotatable bonds is 3. The van der Waals surface area contributed by atoms with Crippen LogP contribution in [0.4, 0.5) is 5.69 Å². The minimum Gasteiger partial charge on any atom is -0.319 e. The van der Waals surface area contributed by atoms with Crippen LogP contribution in [0.5, 0.6) is 0 Å². The molecule has 1 aromatic carbocycles. The van der Waals surface area contributed by atoms with E-state index < -0.39 is 0 Å². The number of halogens is 1. The Labute approximate surface area is 125 Å². The molecule has 1 heterocycles. The number of carbonyl (C=O) groups excluding carboxylic acids is 1.